The molecule has 0 bridgehead atoms. The summed E-state index contributed by atoms with van der Waals surface area (Å²) in [6.07, 6.45) is 10.4. The molecule has 1 rings (SSSR count). The lowest BCUT2D eigenvalue weighted by molar-refractivity contribution is 0.133. The van der Waals surface area contributed by atoms with Gasteiger partial charge >= 0.3 is 0 Å². The van der Waals surface area contributed by atoms with Gasteiger partial charge in [0.25, 0.3) is 0 Å². The molecule has 0 aromatic carbocycles. The summed E-state index contributed by atoms with van der Waals surface area (Å²) in [7, 11) is 0. The molecule has 1 aliphatic carbocycles. The van der Waals surface area contributed by atoms with E-state index in [1.165, 1.54) is 19.3 Å². The van der Waals surface area contributed by atoms with Crippen molar-refractivity contribution < 1.29 is 5.11 Å². The number of aliphatic hydroxyl groups is 1. The second-order valence-corrected chi connectivity index (χ2v) is 3.26. The van der Waals surface area contributed by atoms with Crippen LogP contribution in [-0.4, -0.2) is 11.2 Å². The average Bonchev–Trinajstić information content (AvgIpc) is 2.15. The molecule has 0 aromatic rings. The zero-order valence-electron chi connectivity index (χ0n) is 7.21. The largest absolute Gasteiger partial charge is 0.380 e. The van der Waals surface area contributed by atoms with Crippen LogP contribution >= 0.6 is 0 Å². The molecule has 0 aliphatic heterocycles. The maximum atomic E-state index is 9.54. The van der Waals surface area contributed by atoms with Crippen molar-refractivity contribution >= 4 is 0 Å². The van der Waals surface area contributed by atoms with E-state index < -0.39 is 6.10 Å². The highest BCUT2D eigenvalue weighted by Gasteiger charge is 2.19. The van der Waals surface area contributed by atoms with Crippen LogP contribution in [0, 0.1) is 30.1 Å². The van der Waals surface area contributed by atoms with E-state index >= 15 is 0 Å². The Kier molecular flexibility index (Phi) is 3.71. The van der Waals surface area contributed by atoms with E-state index in [1.807, 2.05) is 0 Å². The van der Waals surface area contributed by atoms with Crippen molar-refractivity contribution in [3.8, 4) is 24.2 Å². The minimum atomic E-state index is -0.499. The molecular weight excluding hydrogens is 148 g/mol. The third-order valence-electron chi connectivity index (χ3n) is 2.39. The smallest absolute Gasteiger partial charge is 0.118 e. The van der Waals surface area contributed by atoms with Crippen molar-refractivity contribution in [2.24, 2.45) is 5.92 Å². The van der Waals surface area contributed by atoms with E-state index in [0.717, 1.165) is 12.8 Å². The van der Waals surface area contributed by atoms with Gasteiger partial charge in [-0.3, -0.25) is 0 Å². The van der Waals surface area contributed by atoms with Gasteiger partial charge in [-0.15, -0.1) is 6.42 Å². The fourth-order valence-electron chi connectivity index (χ4n) is 1.68. The van der Waals surface area contributed by atoms with Crippen LogP contribution in [0.3, 0.4) is 0 Å². The Morgan fingerprint density at radius 2 is 1.92 bits per heavy atom. The SMILES string of the molecule is C#CC#CC(O)C1CCCCC1. The molecule has 1 saturated carbocycles. The second kappa shape index (κ2) is 4.86. The molecule has 0 aromatic heterocycles. The van der Waals surface area contributed by atoms with Gasteiger partial charge in [0.1, 0.15) is 6.10 Å². The minimum Gasteiger partial charge on any atom is -0.380 e. The number of terminal acetylenes is 1. The number of hydrogen-bond acceptors (Lipinski definition) is 1. The Balaban J connectivity index is 2.40. The molecule has 0 saturated heterocycles. The maximum absolute atomic E-state index is 9.54. The summed E-state index contributed by atoms with van der Waals surface area (Å²) in [6, 6.07) is 0. The topological polar surface area (TPSA) is 20.2 Å². The lowest BCUT2D eigenvalue weighted by atomic mass is 9.85. The van der Waals surface area contributed by atoms with Gasteiger partial charge in [-0.05, 0) is 30.6 Å². The zero-order valence-corrected chi connectivity index (χ0v) is 7.21. The summed E-state index contributed by atoms with van der Waals surface area (Å²) in [5, 5.41) is 9.54. The highest BCUT2D eigenvalue weighted by atomic mass is 16.3. The summed E-state index contributed by atoms with van der Waals surface area (Å²) in [5.41, 5.74) is 0. The third kappa shape index (κ3) is 2.61. The molecule has 0 radical (unpaired) electrons. The summed E-state index contributed by atoms with van der Waals surface area (Å²) >= 11 is 0. The van der Waals surface area contributed by atoms with Crippen LogP contribution in [0.15, 0.2) is 0 Å². The molecule has 1 heteroatoms. The number of hydrogen-bond donors (Lipinski definition) is 1. The second-order valence-electron chi connectivity index (χ2n) is 3.26. The van der Waals surface area contributed by atoms with Crippen molar-refractivity contribution in [2.45, 2.75) is 38.2 Å². The Labute approximate surface area is 74.2 Å². The molecule has 1 atom stereocenters. The normalized spacial score (nSPS) is 20.3. The van der Waals surface area contributed by atoms with Crippen LogP contribution in [0.4, 0.5) is 0 Å². The van der Waals surface area contributed by atoms with E-state index in [1.54, 1.807) is 0 Å². The van der Waals surface area contributed by atoms with Gasteiger partial charge in [0.15, 0.2) is 0 Å². The first kappa shape index (κ1) is 9.17. The van der Waals surface area contributed by atoms with Crippen LogP contribution in [0.2, 0.25) is 0 Å². The Hall–Kier alpha value is -0.920. The first-order valence-electron chi connectivity index (χ1n) is 4.49. The standard InChI is InChI=1S/C11H14O/c1-2-3-9-11(12)10-7-5-4-6-8-10/h1,10-12H,4-8H2. The van der Waals surface area contributed by atoms with E-state index in [2.05, 4.69) is 17.8 Å². The highest BCUT2D eigenvalue weighted by molar-refractivity contribution is 5.24. The summed E-state index contributed by atoms with van der Waals surface area (Å²) in [5.74, 6) is 7.72. The van der Waals surface area contributed by atoms with Gasteiger partial charge in [-0.2, -0.15) is 0 Å². The fourth-order valence-corrected chi connectivity index (χ4v) is 1.68. The molecule has 64 valence electrons. The number of aliphatic hydroxyl groups excluding tert-OH is 1. The van der Waals surface area contributed by atoms with Crippen molar-refractivity contribution in [3.63, 3.8) is 0 Å². The molecule has 1 unspecified atom stereocenters. The monoisotopic (exact) mass is 162 g/mol. The molecule has 0 spiro atoms. The van der Waals surface area contributed by atoms with E-state index in [4.69, 9.17) is 6.42 Å². The van der Waals surface area contributed by atoms with Gasteiger partial charge in [0.05, 0.1) is 0 Å². The summed E-state index contributed by atoms with van der Waals surface area (Å²) in [4.78, 5) is 0. The molecule has 1 nitrogen and oxygen atoms in total. The Morgan fingerprint density at radius 3 is 2.50 bits per heavy atom. The molecule has 1 fully saturated rings. The lowest BCUT2D eigenvalue weighted by Crippen LogP contribution is -2.20. The van der Waals surface area contributed by atoms with Gasteiger partial charge < -0.3 is 5.11 Å². The summed E-state index contributed by atoms with van der Waals surface area (Å²) in [6.45, 7) is 0. The van der Waals surface area contributed by atoms with Crippen LogP contribution in [0.1, 0.15) is 32.1 Å². The Bertz CT molecular complexity index is 220. The van der Waals surface area contributed by atoms with E-state index in [9.17, 15) is 5.11 Å². The van der Waals surface area contributed by atoms with E-state index in [0.29, 0.717) is 5.92 Å². The van der Waals surface area contributed by atoms with Crippen molar-refractivity contribution in [3.05, 3.63) is 0 Å². The van der Waals surface area contributed by atoms with Crippen molar-refractivity contribution in [2.75, 3.05) is 0 Å². The molecule has 0 amide bonds. The third-order valence-corrected chi connectivity index (χ3v) is 2.39. The van der Waals surface area contributed by atoms with Crippen molar-refractivity contribution in [1.82, 2.24) is 0 Å². The first-order chi connectivity index (χ1) is 5.84. The van der Waals surface area contributed by atoms with Crippen molar-refractivity contribution in [1.29, 1.82) is 0 Å². The highest BCUT2D eigenvalue weighted by Crippen LogP contribution is 2.25. The van der Waals surface area contributed by atoms with Gasteiger partial charge in [-0.1, -0.05) is 25.2 Å². The molecule has 12 heavy (non-hydrogen) atoms. The Morgan fingerprint density at radius 1 is 1.25 bits per heavy atom. The molecule has 1 aliphatic rings. The van der Waals surface area contributed by atoms with Gasteiger partial charge in [-0.25, -0.2) is 0 Å². The van der Waals surface area contributed by atoms with Crippen LogP contribution < -0.4 is 0 Å². The summed E-state index contributed by atoms with van der Waals surface area (Å²) < 4.78 is 0. The maximum Gasteiger partial charge on any atom is 0.118 e. The average molecular weight is 162 g/mol. The molecular formula is C11H14O. The van der Waals surface area contributed by atoms with Crippen LogP contribution in [0.5, 0.6) is 0 Å². The van der Waals surface area contributed by atoms with Gasteiger partial charge in [0.2, 0.25) is 0 Å². The van der Waals surface area contributed by atoms with Crippen LogP contribution in [-0.2, 0) is 0 Å². The first-order valence-corrected chi connectivity index (χ1v) is 4.49. The van der Waals surface area contributed by atoms with Gasteiger partial charge in [0, 0.05) is 0 Å². The predicted octanol–water partition coefficient (Wildman–Crippen LogP) is 1.56. The molecule has 1 N–H and O–H groups in total. The predicted molar refractivity (Wildman–Crippen MR) is 49.2 cm³/mol. The van der Waals surface area contributed by atoms with Crippen LogP contribution in [0.25, 0.3) is 0 Å². The lowest BCUT2D eigenvalue weighted by Gasteiger charge is -2.22. The fraction of sp³-hybridized carbons (Fsp3) is 0.636. The quantitative estimate of drug-likeness (QED) is 0.580. The minimum absolute atomic E-state index is 0.361. The number of rotatable bonds is 1. The zero-order chi connectivity index (χ0) is 8.81. The van der Waals surface area contributed by atoms with E-state index in [-0.39, 0.29) is 0 Å². The molecule has 0 heterocycles.